The van der Waals surface area contributed by atoms with E-state index in [-0.39, 0.29) is 0 Å². The highest BCUT2D eigenvalue weighted by Crippen LogP contribution is 2.26. The molecule has 0 N–H and O–H groups in total. The molecule has 0 radical (unpaired) electrons. The summed E-state index contributed by atoms with van der Waals surface area (Å²) in [5.41, 5.74) is 6.44. The van der Waals surface area contributed by atoms with Gasteiger partial charge in [-0.05, 0) is 35.1 Å². The molecule has 2 aromatic carbocycles. The van der Waals surface area contributed by atoms with E-state index in [2.05, 4.69) is 92.7 Å². The van der Waals surface area contributed by atoms with E-state index in [0.29, 0.717) is 5.92 Å². The molecule has 0 saturated heterocycles. The first-order chi connectivity index (χ1) is 10.2. The van der Waals surface area contributed by atoms with Gasteiger partial charge in [-0.25, -0.2) is 0 Å². The van der Waals surface area contributed by atoms with Gasteiger partial charge in [-0.15, -0.1) is 0 Å². The third-order valence-electron chi connectivity index (χ3n) is 3.82. The Morgan fingerprint density at radius 2 is 1.29 bits per heavy atom. The predicted octanol–water partition coefficient (Wildman–Crippen LogP) is 5.89. The normalized spacial score (nSPS) is 17.9. The SMILES string of the molecule is CC1=CC(C)C=C(c2ccc(-c3ccccc3)cc2)C=C1. The Labute approximate surface area is 127 Å². The average molecular weight is 272 g/mol. The van der Waals surface area contributed by atoms with Gasteiger partial charge >= 0.3 is 0 Å². The van der Waals surface area contributed by atoms with Crippen LogP contribution in [0.4, 0.5) is 0 Å². The van der Waals surface area contributed by atoms with Crippen LogP contribution < -0.4 is 0 Å². The molecule has 21 heavy (non-hydrogen) atoms. The molecule has 0 heterocycles. The lowest BCUT2D eigenvalue weighted by Crippen LogP contribution is -1.87. The second-order valence-electron chi connectivity index (χ2n) is 5.67. The second kappa shape index (κ2) is 5.97. The monoisotopic (exact) mass is 272 g/mol. The summed E-state index contributed by atoms with van der Waals surface area (Å²) in [6, 6.07) is 19.3. The Bertz CT molecular complexity index is 697. The molecule has 0 amide bonds. The van der Waals surface area contributed by atoms with Crippen molar-refractivity contribution in [1.29, 1.82) is 0 Å². The molecular weight excluding hydrogens is 252 g/mol. The minimum atomic E-state index is 0.476. The lowest BCUT2D eigenvalue weighted by atomic mass is 9.98. The third kappa shape index (κ3) is 3.22. The van der Waals surface area contributed by atoms with Crippen LogP contribution in [0.2, 0.25) is 0 Å². The highest BCUT2D eigenvalue weighted by Gasteiger charge is 2.05. The highest BCUT2D eigenvalue weighted by atomic mass is 14.1. The first-order valence-electron chi connectivity index (χ1n) is 7.46. The average Bonchev–Trinajstić information content (AvgIpc) is 2.69. The minimum absolute atomic E-state index is 0.476. The molecule has 0 nitrogen and oxygen atoms in total. The van der Waals surface area contributed by atoms with Crippen molar-refractivity contribution in [2.45, 2.75) is 13.8 Å². The van der Waals surface area contributed by atoms with Gasteiger partial charge in [0.2, 0.25) is 0 Å². The molecule has 0 heteroatoms. The predicted molar refractivity (Wildman–Crippen MR) is 91.9 cm³/mol. The van der Waals surface area contributed by atoms with Crippen molar-refractivity contribution in [2.24, 2.45) is 5.92 Å². The smallest absolute Gasteiger partial charge is 0.00670 e. The molecule has 1 atom stereocenters. The van der Waals surface area contributed by atoms with Gasteiger partial charge in [-0.3, -0.25) is 0 Å². The van der Waals surface area contributed by atoms with Crippen LogP contribution in [-0.4, -0.2) is 0 Å². The fourth-order valence-electron chi connectivity index (χ4n) is 2.76. The van der Waals surface area contributed by atoms with Gasteiger partial charge in [0.25, 0.3) is 0 Å². The summed E-state index contributed by atoms with van der Waals surface area (Å²) in [5, 5.41) is 0. The molecule has 2 aromatic rings. The standard InChI is InChI=1S/C21H20/c1-16-8-9-21(15-17(2)14-16)20-12-10-19(11-13-20)18-6-4-3-5-7-18/h3-15,17H,1-2H3. The number of allylic oxidation sites excluding steroid dienone is 6. The van der Waals surface area contributed by atoms with Gasteiger partial charge in [0, 0.05) is 0 Å². The number of benzene rings is 2. The van der Waals surface area contributed by atoms with E-state index < -0.39 is 0 Å². The summed E-state index contributed by atoms with van der Waals surface area (Å²) in [6.07, 6.45) is 9.03. The molecule has 0 fully saturated rings. The van der Waals surface area contributed by atoms with E-state index in [0.717, 1.165) is 0 Å². The van der Waals surface area contributed by atoms with Crippen LogP contribution in [0.3, 0.4) is 0 Å². The lowest BCUT2D eigenvalue weighted by Gasteiger charge is -2.07. The van der Waals surface area contributed by atoms with E-state index in [1.807, 2.05) is 0 Å². The summed E-state index contributed by atoms with van der Waals surface area (Å²) in [4.78, 5) is 0. The fourth-order valence-corrected chi connectivity index (χ4v) is 2.76. The van der Waals surface area contributed by atoms with Crippen LogP contribution in [-0.2, 0) is 0 Å². The first-order valence-corrected chi connectivity index (χ1v) is 7.46. The van der Waals surface area contributed by atoms with Gasteiger partial charge in [0.05, 0.1) is 0 Å². The van der Waals surface area contributed by atoms with Gasteiger partial charge in [0.15, 0.2) is 0 Å². The molecule has 0 aliphatic heterocycles. The van der Waals surface area contributed by atoms with Crippen LogP contribution in [0, 0.1) is 5.92 Å². The largest absolute Gasteiger partial charge is 0.0749 e. The summed E-state index contributed by atoms with van der Waals surface area (Å²) in [7, 11) is 0. The van der Waals surface area contributed by atoms with Gasteiger partial charge in [-0.1, -0.05) is 91.4 Å². The van der Waals surface area contributed by atoms with Gasteiger partial charge in [0.1, 0.15) is 0 Å². The zero-order chi connectivity index (χ0) is 14.7. The summed E-state index contributed by atoms with van der Waals surface area (Å²) in [6.45, 7) is 4.39. The van der Waals surface area contributed by atoms with E-state index in [1.165, 1.54) is 27.8 Å². The quantitative estimate of drug-likeness (QED) is 0.639. The van der Waals surface area contributed by atoms with Crippen molar-refractivity contribution < 1.29 is 0 Å². The maximum atomic E-state index is 2.32. The van der Waals surface area contributed by atoms with Crippen LogP contribution in [0.25, 0.3) is 16.7 Å². The molecule has 0 aromatic heterocycles. The zero-order valence-electron chi connectivity index (χ0n) is 12.6. The maximum absolute atomic E-state index is 2.32. The first kappa shape index (κ1) is 13.6. The number of hydrogen-bond acceptors (Lipinski definition) is 0. The number of hydrogen-bond donors (Lipinski definition) is 0. The fraction of sp³-hybridized carbons (Fsp3) is 0.143. The molecule has 1 aliphatic rings. The molecule has 0 spiro atoms. The van der Waals surface area contributed by atoms with Crippen molar-refractivity contribution in [2.75, 3.05) is 0 Å². The molecule has 1 aliphatic carbocycles. The molecule has 0 saturated carbocycles. The second-order valence-corrected chi connectivity index (χ2v) is 5.67. The number of rotatable bonds is 2. The van der Waals surface area contributed by atoms with Crippen LogP contribution in [0.15, 0.2) is 84.5 Å². The van der Waals surface area contributed by atoms with E-state index in [4.69, 9.17) is 0 Å². The molecular formula is C21H20. The van der Waals surface area contributed by atoms with Crippen molar-refractivity contribution in [3.8, 4) is 11.1 Å². The maximum Gasteiger partial charge on any atom is -0.00670 e. The molecule has 1 unspecified atom stereocenters. The Morgan fingerprint density at radius 1 is 0.667 bits per heavy atom. The summed E-state index contributed by atoms with van der Waals surface area (Å²) in [5.74, 6) is 0.476. The Balaban J connectivity index is 1.90. The molecule has 3 rings (SSSR count). The Hall–Kier alpha value is -2.34. The van der Waals surface area contributed by atoms with Gasteiger partial charge in [-0.2, -0.15) is 0 Å². The van der Waals surface area contributed by atoms with E-state index in [1.54, 1.807) is 0 Å². The Kier molecular flexibility index (Phi) is 3.87. The van der Waals surface area contributed by atoms with Crippen LogP contribution in [0.5, 0.6) is 0 Å². The van der Waals surface area contributed by atoms with E-state index in [9.17, 15) is 0 Å². The zero-order valence-corrected chi connectivity index (χ0v) is 12.6. The van der Waals surface area contributed by atoms with Gasteiger partial charge < -0.3 is 0 Å². The Morgan fingerprint density at radius 3 is 2.00 bits per heavy atom. The van der Waals surface area contributed by atoms with Crippen molar-refractivity contribution >= 4 is 5.57 Å². The van der Waals surface area contributed by atoms with Crippen LogP contribution in [0.1, 0.15) is 19.4 Å². The van der Waals surface area contributed by atoms with Crippen LogP contribution >= 0.6 is 0 Å². The summed E-state index contributed by atoms with van der Waals surface area (Å²) >= 11 is 0. The molecule has 0 bridgehead atoms. The summed E-state index contributed by atoms with van der Waals surface area (Å²) < 4.78 is 0. The van der Waals surface area contributed by atoms with Crippen molar-refractivity contribution in [1.82, 2.24) is 0 Å². The topological polar surface area (TPSA) is 0 Å². The minimum Gasteiger partial charge on any atom is -0.0749 e. The van der Waals surface area contributed by atoms with Crippen molar-refractivity contribution in [3.63, 3.8) is 0 Å². The van der Waals surface area contributed by atoms with E-state index >= 15 is 0 Å². The third-order valence-corrected chi connectivity index (χ3v) is 3.82. The molecule has 104 valence electrons. The highest BCUT2D eigenvalue weighted by molar-refractivity contribution is 5.77. The van der Waals surface area contributed by atoms with Crippen molar-refractivity contribution in [3.05, 3.63) is 90.0 Å². The lowest BCUT2D eigenvalue weighted by molar-refractivity contribution is 0.936.